The summed E-state index contributed by atoms with van der Waals surface area (Å²) in [5, 5.41) is 22.5. The Balaban J connectivity index is 2.37. The average molecular weight is 265 g/mol. The van der Waals surface area contributed by atoms with Gasteiger partial charge in [-0.05, 0) is 29.1 Å². The lowest BCUT2D eigenvalue weighted by Gasteiger charge is -2.08. The number of hydrogen-bond acceptors (Lipinski definition) is 3. The molecule has 3 aromatic carbocycles. The van der Waals surface area contributed by atoms with Gasteiger partial charge in [0.15, 0.2) is 0 Å². The third-order valence-electron chi connectivity index (χ3n) is 3.29. The molecule has 0 aliphatic heterocycles. The molecule has 0 spiro atoms. The lowest BCUT2D eigenvalue weighted by Crippen LogP contribution is -1.92. The summed E-state index contributed by atoms with van der Waals surface area (Å²) in [4.78, 5) is 10.8. The monoisotopic (exact) mass is 265 g/mol. The Kier molecular flexibility index (Phi) is 2.84. The fourth-order valence-electron chi connectivity index (χ4n) is 2.38. The third kappa shape index (κ3) is 1.87. The number of nitro benzene ring substituents is 1. The van der Waals surface area contributed by atoms with Crippen LogP contribution in [0.1, 0.15) is 0 Å². The zero-order valence-corrected chi connectivity index (χ0v) is 10.5. The van der Waals surface area contributed by atoms with Gasteiger partial charge in [-0.25, -0.2) is 0 Å². The van der Waals surface area contributed by atoms with Crippen LogP contribution in [0, 0.1) is 10.1 Å². The molecule has 0 atom stereocenters. The Labute approximate surface area is 115 Å². The summed E-state index contributed by atoms with van der Waals surface area (Å²) in [6.07, 6.45) is 0. The van der Waals surface area contributed by atoms with E-state index < -0.39 is 4.92 Å². The van der Waals surface area contributed by atoms with Gasteiger partial charge in [-0.3, -0.25) is 10.1 Å². The Morgan fingerprint density at radius 2 is 1.45 bits per heavy atom. The van der Waals surface area contributed by atoms with Crippen LogP contribution in [0.3, 0.4) is 0 Å². The second-order valence-electron chi connectivity index (χ2n) is 4.45. The van der Waals surface area contributed by atoms with Crippen LogP contribution in [0.15, 0.2) is 60.7 Å². The van der Waals surface area contributed by atoms with Crippen LogP contribution in [0.4, 0.5) is 5.69 Å². The number of nitro groups is 1. The van der Waals surface area contributed by atoms with Crippen molar-refractivity contribution in [2.45, 2.75) is 0 Å². The molecule has 4 heteroatoms. The Morgan fingerprint density at radius 3 is 2.20 bits per heavy atom. The molecule has 0 heterocycles. The van der Waals surface area contributed by atoms with Crippen LogP contribution < -0.4 is 0 Å². The normalized spacial score (nSPS) is 10.6. The highest BCUT2D eigenvalue weighted by atomic mass is 16.6. The minimum Gasteiger partial charge on any atom is -0.507 e. The molecule has 0 radical (unpaired) electrons. The first kappa shape index (κ1) is 12.2. The van der Waals surface area contributed by atoms with Gasteiger partial charge in [-0.15, -0.1) is 0 Å². The van der Waals surface area contributed by atoms with Gasteiger partial charge < -0.3 is 5.11 Å². The van der Waals surface area contributed by atoms with Crippen molar-refractivity contribution in [2.75, 3.05) is 0 Å². The van der Waals surface area contributed by atoms with E-state index in [1.54, 1.807) is 36.4 Å². The fraction of sp³-hybridized carbons (Fsp3) is 0. The molecule has 0 saturated heterocycles. The van der Waals surface area contributed by atoms with Crippen LogP contribution in [0.2, 0.25) is 0 Å². The smallest absolute Gasteiger partial charge is 0.277 e. The molecule has 98 valence electrons. The van der Waals surface area contributed by atoms with Crippen molar-refractivity contribution in [1.29, 1.82) is 0 Å². The first-order valence-electron chi connectivity index (χ1n) is 6.13. The molecule has 0 aromatic heterocycles. The lowest BCUT2D eigenvalue weighted by atomic mass is 9.96. The van der Waals surface area contributed by atoms with E-state index >= 15 is 0 Å². The Bertz CT molecular complexity index is 812. The summed E-state index contributed by atoms with van der Waals surface area (Å²) in [6, 6.07) is 17.2. The lowest BCUT2D eigenvalue weighted by molar-refractivity contribution is -0.384. The van der Waals surface area contributed by atoms with Gasteiger partial charge in [0.1, 0.15) is 5.75 Å². The number of rotatable bonds is 2. The number of phenolic OH excluding ortho intramolecular Hbond substituents is 1. The molecule has 0 bridgehead atoms. The van der Waals surface area contributed by atoms with Crippen LogP contribution >= 0.6 is 0 Å². The molecule has 0 fully saturated rings. The molecular formula is C16H11NO3. The number of aromatic hydroxyl groups is 1. The standard InChI is InChI=1S/C16H11NO3/c18-16-10-9-12(11-5-1-2-7-14(11)16)13-6-3-4-8-15(13)17(19)20/h1-10,18H. The number of para-hydroxylation sites is 1. The van der Waals surface area contributed by atoms with Crippen molar-refractivity contribution in [2.24, 2.45) is 0 Å². The zero-order valence-electron chi connectivity index (χ0n) is 10.5. The van der Waals surface area contributed by atoms with Gasteiger partial charge in [0.05, 0.1) is 10.5 Å². The Hall–Kier alpha value is -2.88. The largest absolute Gasteiger partial charge is 0.507 e. The van der Waals surface area contributed by atoms with Crippen LogP contribution in [0.25, 0.3) is 21.9 Å². The van der Waals surface area contributed by atoms with Gasteiger partial charge in [0, 0.05) is 11.5 Å². The van der Waals surface area contributed by atoms with E-state index in [-0.39, 0.29) is 11.4 Å². The molecule has 1 N–H and O–H groups in total. The SMILES string of the molecule is O=[N+]([O-])c1ccccc1-c1ccc(O)c2ccccc12. The van der Waals surface area contributed by atoms with E-state index in [0.717, 1.165) is 10.9 Å². The van der Waals surface area contributed by atoms with Gasteiger partial charge in [-0.2, -0.15) is 0 Å². The fourth-order valence-corrected chi connectivity index (χ4v) is 2.38. The molecule has 0 aliphatic carbocycles. The highest BCUT2D eigenvalue weighted by molar-refractivity contribution is 6.01. The molecule has 4 nitrogen and oxygen atoms in total. The molecule has 0 aliphatic rings. The molecule has 3 rings (SSSR count). The quantitative estimate of drug-likeness (QED) is 0.560. The van der Waals surface area contributed by atoms with Crippen LogP contribution in [-0.2, 0) is 0 Å². The molecule has 20 heavy (non-hydrogen) atoms. The zero-order chi connectivity index (χ0) is 14.1. The van der Waals surface area contributed by atoms with E-state index in [1.807, 2.05) is 18.2 Å². The predicted octanol–water partition coefficient (Wildman–Crippen LogP) is 4.12. The summed E-state index contributed by atoms with van der Waals surface area (Å²) >= 11 is 0. The van der Waals surface area contributed by atoms with Gasteiger partial charge >= 0.3 is 0 Å². The minimum atomic E-state index is -0.392. The van der Waals surface area contributed by atoms with Crippen molar-refractivity contribution in [3.8, 4) is 16.9 Å². The summed E-state index contributed by atoms with van der Waals surface area (Å²) < 4.78 is 0. The molecule has 0 amide bonds. The van der Waals surface area contributed by atoms with Crippen molar-refractivity contribution < 1.29 is 10.0 Å². The van der Waals surface area contributed by atoms with Crippen LogP contribution in [-0.4, -0.2) is 10.0 Å². The number of phenols is 1. The number of benzene rings is 3. The third-order valence-corrected chi connectivity index (χ3v) is 3.29. The van der Waals surface area contributed by atoms with Gasteiger partial charge in [-0.1, -0.05) is 36.4 Å². The highest BCUT2D eigenvalue weighted by Crippen LogP contribution is 2.37. The molecule has 0 saturated carbocycles. The van der Waals surface area contributed by atoms with Crippen molar-refractivity contribution in [3.63, 3.8) is 0 Å². The molecule has 3 aromatic rings. The van der Waals surface area contributed by atoms with E-state index in [2.05, 4.69) is 0 Å². The van der Waals surface area contributed by atoms with Crippen molar-refractivity contribution in [1.82, 2.24) is 0 Å². The highest BCUT2D eigenvalue weighted by Gasteiger charge is 2.16. The van der Waals surface area contributed by atoms with Gasteiger partial charge in [0.2, 0.25) is 0 Å². The van der Waals surface area contributed by atoms with Crippen LogP contribution in [0.5, 0.6) is 5.75 Å². The number of fused-ring (bicyclic) bond motifs is 1. The number of nitrogens with zero attached hydrogens (tertiary/aromatic N) is 1. The Morgan fingerprint density at radius 1 is 0.800 bits per heavy atom. The van der Waals surface area contributed by atoms with Gasteiger partial charge in [0.25, 0.3) is 5.69 Å². The average Bonchev–Trinajstić information content (AvgIpc) is 2.48. The van der Waals surface area contributed by atoms with Crippen molar-refractivity contribution in [3.05, 3.63) is 70.8 Å². The molecule has 0 unspecified atom stereocenters. The summed E-state index contributed by atoms with van der Waals surface area (Å²) in [5.41, 5.74) is 1.35. The second-order valence-corrected chi connectivity index (χ2v) is 4.45. The van der Waals surface area contributed by atoms with Crippen molar-refractivity contribution >= 4 is 16.5 Å². The first-order chi connectivity index (χ1) is 9.68. The maximum absolute atomic E-state index is 11.2. The van der Waals surface area contributed by atoms with E-state index in [0.29, 0.717) is 10.9 Å². The summed E-state index contributed by atoms with van der Waals surface area (Å²) in [5.74, 6) is 0.169. The summed E-state index contributed by atoms with van der Waals surface area (Å²) in [7, 11) is 0. The maximum atomic E-state index is 11.2. The second kappa shape index (κ2) is 4.66. The minimum absolute atomic E-state index is 0.0587. The molecular weight excluding hydrogens is 254 g/mol. The number of hydrogen-bond donors (Lipinski definition) is 1. The topological polar surface area (TPSA) is 63.4 Å². The first-order valence-corrected chi connectivity index (χ1v) is 6.13. The maximum Gasteiger partial charge on any atom is 0.277 e. The summed E-state index contributed by atoms with van der Waals surface area (Å²) in [6.45, 7) is 0. The predicted molar refractivity (Wildman–Crippen MR) is 77.7 cm³/mol. The van der Waals surface area contributed by atoms with E-state index in [9.17, 15) is 15.2 Å². The van der Waals surface area contributed by atoms with E-state index in [1.165, 1.54) is 6.07 Å². The van der Waals surface area contributed by atoms with E-state index in [4.69, 9.17) is 0 Å².